The Kier molecular flexibility index (Phi) is 5.81. The van der Waals surface area contributed by atoms with E-state index in [9.17, 15) is 0 Å². The SMILES string of the molecule is c1ccc(-c2ccc3oc4cccc(-c5nc(Cc6cccc7c6oc6ccccc67)nc(-c6ccccc6)n5)c4c3c2)cc1. The molecule has 0 saturated carbocycles. The van der Waals surface area contributed by atoms with Crippen molar-refractivity contribution in [2.45, 2.75) is 6.42 Å². The molecule has 3 aromatic heterocycles. The third-order valence-corrected chi connectivity index (χ3v) is 8.39. The van der Waals surface area contributed by atoms with E-state index in [0.29, 0.717) is 23.9 Å². The first-order valence-corrected chi connectivity index (χ1v) is 15.0. The van der Waals surface area contributed by atoms with E-state index >= 15 is 0 Å². The molecule has 0 radical (unpaired) electrons. The molecule has 5 nitrogen and oxygen atoms in total. The number of hydrogen-bond donors (Lipinski definition) is 0. The Morgan fingerprint density at radius 3 is 2.00 bits per heavy atom. The van der Waals surface area contributed by atoms with Crippen LogP contribution in [0.25, 0.3) is 77.8 Å². The molecule has 0 N–H and O–H groups in total. The molecule has 6 aromatic carbocycles. The topological polar surface area (TPSA) is 65.0 Å². The first-order valence-electron chi connectivity index (χ1n) is 15.0. The van der Waals surface area contributed by atoms with Crippen LogP contribution < -0.4 is 0 Å². The van der Waals surface area contributed by atoms with Gasteiger partial charge in [-0.25, -0.2) is 15.0 Å². The first-order chi connectivity index (χ1) is 22.3. The maximum Gasteiger partial charge on any atom is 0.164 e. The van der Waals surface area contributed by atoms with Crippen LogP contribution >= 0.6 is 0 Å². The zero-order valence-electron chi connectivity index (χ0n) is 24.1. The van der Waals surface area contributed by atoms with Gasteiger partial charge in [-0.2, -0.15) is 0 Å². The molecule has 0 aliphatic heterocycles. The Hall–Kier alpha value is -6.07. The number of benzene rings is 6. The van der Waals surface area contributed by atoms with Gasteiger partial charge in [0, 0.05) is 44.7 Å². The summed E-state index contributed by atoms with van der Waals surface area (Å²) in [7, 11) is 0. The summed E-state index contributed by atoms with van der Waals surface area (Å²) in [6.07, 6.45) is 0.493. The van der Waals surface area contributed by atoms with Gasteiger partial charge in [0.1, 0.15) is 28.2 Å². The average molecular weight is 580 g/mol. The van der Waals surface area contributed by atoms with E-state index in [1.54, 1.807) is 0 Å². The van der Waals surface area contributed by atoms with Gasteiger partial charge in [0.2, 0.25) is 0 Å². The molecule has 5 heteroatoms. The van der Waals surface area contributed by atoms with Crippen LogP contribution in [0.15, 0.2) is 148 Å². The van der Waals surface area contributed by atoms with Crippen LogP contribution in [0.1, 0.15) is 11.4 Å². The Bertz CT molecular complexity index is 2510. The minimum Gasteiger partial charge on any atom is -0.456 e. The Morgan fingerprint density at radius 2 is 1.13 bits per heavy atom. The van der Waals surface area contributed by atoms with Gasteiger partial charge < -0.3 is 8.83 Å². The van der Waals surface area contributed by atoms with Gasteiger partial charge in [0.25, 0.3) is 0 Å². The molecule has 9 aromatic rings. The monoisotopic (exact) mass is 579 g/mol. The van der Waals surface area contributed by atoms with E-state index in [2.05, 4.69) is 66.7 Å². The molecule has 0 aliphatic rings. The fourth-order valence-electron chi connectivity index (χ4n) is 6.27. The van der Waals surface area contributed by atoms with Crippen LogP contribution in [0.2, 0.25) is 0 Å². The summed E-state index contributed by atoms with van der Waals surface area (Å²) < 4.78 is 12.7. The summed E-state index contributed by atoms with van der Waals surface area (Å²) >= 11 is 0. The third kappa shape index (κ3) is 4.36. The molecule has 0 saturated heterocycles. The molecule has 9 rings (SSSR count). The molecule has 212 valence electrons. The molecule has 0 amide bonds. The lowest BCUT2D eigenvalue weighted by atomic mass is 10.0. The number of fused-ring (bicyclic) bond motifs is 6. The highest BCUT2D eigenvalue weighted by atomic mass is 16.3. The zero-order chi connectivity index (χ0) is 29.7. The van der Waals surface area contributed by atoms with Gasteiger partial charge in [-0.15, -0.1) is 0 Å². The number of hydrogen-bond acceptors (Lipinski definition) is 5. The molecular weight excluding hydrogens is 554 g/mol. The van der Waals surface area contributed by atoms with E-state index < -0.39 is 0 Å². The summed E-state index contributed by atoms with van der Waals surface area (Å²) in [6.45, 7) is 0. The van der Waals surface area contributed by atoms with Crippen molar-refractivity contribution < 1.29 is 8.83 Å². The predicted molar refractivity (Wildman–Crippen MR) is 180 cm³/mol. The van der Waals surface area contributed by atoms with Gasteiger partial charge in [-0.1, -0.05) is 115 Å². The minimum absolute atomic E-state index is 0.493. The molecule has 0 bridgehead atoms. The van der Waals surface area contributed by atoms with E-state index in [1.165, 1.54) is 0 Å². The smallest absolute Gasteiger partial charge is 0.164 e. The van der Waals surface area contributed by atoms with E-state index in [0.717, 1.165) is 71.7 Å². The standard InChI is InChI=1S/C40H25N3O2/c1-3-11-25(12-4-1)27-21-22-34-32(23-27)37-31(18-10-20-35(37)44-34)40-42-36(41-39(43-40)26-13-5-2-6-14-26)24-28-15-9-17-30-29-16-7-8-19-33(29)45-38(28)30/h1-23H,24H2. The second-order valence-electron chi connectivity index (χ2n) is 11.2. The highest BCUT2D eigenvalue weighted by molar-refractivity contribution is 6.12. The maximum atomic E-state index is 6.35. The molecule has 0 aliphatic carbocycles. The number of nitrogens with zero attached hydrogens (tertiary/aromatic N) is 3. The van der Waals surface area contributed by atoms with Crippen LogP contribution in [0.3, 0.4) is 0 Å². The largest absolute Gasteiger partial charge is 0.456 e. The molecule has 0 unspecified atom stereocenters. The molecule has 45 heavy (non-hydrogen) atoms. The average Bonchev–Trinajstić information content (AvgIpc) is 3.68. The Morgan fingerprint density at radius 1 is 0.444 bits per heavy atom. The van der Waals surface area contributed by atoms with Crippen molar-refractivity contribution in [1.82, 2.24) is 15.0 Å². The Balaban J connectivity index is 1.24. The van der Waals surface area contributed by atoms with Crippen LogP contribution in [0.5, 0.6) is 0 Å². The van der Waals surface area contributed by atoms with Crippen molar-refractivity contribution in [2.24, 2.45) is 0 Å². The van der Waals surface area contributed by atoms with Gasteiger partial charge in [-0.05, 0) is 35.4 Å². The highest BCUT2D eigenvalue weighted by Gasteiger charge is 2.19. The lowest BCUT2D eigenvalue weighted by molar-refractivity contribution is 0.663. The van der Waals surface area contributed by atoms with Gasteiger partial charge >= 0.3 is 0 Å². The Labute approximate surface area is 258 Å². The van der Waals surface area contributed by atoms with Gasteiger partial charge in [-0.3, -0.25) is 0 Å². The lowest BCUT2D eigenvalue weighted by Crippen LogP contribution is -2.04. The highest BCUT2D eigenvalue weighted by Crippen LogP contribution is 2.38. The summed E-state index contributed by atoms with van der Waals surface area (Å²) in [6, 6.07) is 47.3. The molecule has 3 heterocycles. The van der Waals surface area contributed by atoms with Crippen LogP contribution in [0.4, 0.5) is 0 Å². The summed E-state index contributed by atoms with van der Waals surface area (Å²) in [5.74, 6) is 1.90. The van der Waals surface area contributed by atoms with Gasteiger partial charge in [0.15, 0.2) is 11.6 Å². The number of rotatable bonds is 5. The van der Waals surface area contributed by atoms with Crippen molar-refractivity contribution in [3.63, 3.8) is 0 Å². The number of furan rings is 2. The quantitative estimate of drug-likeness (QED) is 0.203. The summed E-state index contributed by atoms with van der Waals surface area (Å²) in [4.78, 5) is 15.1. The third-order valence-electron chi connectivity index (χ3n) is 8.39. The molecule has 0 fully saturated rings. The van der Waals surface area contributed by atoms with Crippen molar-refractivity contribution in [2.75, 3.05) is 0 Å². The van der Waals surface area contributed by atoms with Crippen molar-refractivity contribution in [3.8, 4) is 33.9 Å². The van der Waals surface area contributed by atoms with E-state index in [4.69, 9.17) is 23.8 Å². The van der Waals surface area contributed by atoms with E-state index in [1.807, 2.05) is 72.8 Å². The van der Waals surface area contributed by atoms with Crippen molar-refractivity contribution in [3.05, 3.63) is 151 Å². The lowest BCUT2D eigenvalue weighted by Gasteiger charge is -2.09. The second-order valence-corrected chi connectivity index (χ2v) is 11.2. The number of aromatic nitrogens is 3. The maximum absolute atomic E-state index is 6.35. The zero-order valence-corrected chi connectivity index (χ0v) is 24.1. The fourth-order valence-corrected chi connectivity index (χ4v) is 6.27. The van der Waals surface area contributed by atoms with Crippen LogP contribution in [-0.2, 0) is 6.42 Å². The van der Waals surface area contributed by atoms with Crippen molar-refractivity contribution >= 4 is 43.9 Å². The van der Waals surface area contributed by atoms with Crippen LogP contribution in [0, 0.1) is 0 Å². The first kappa shape index (κ1) is 25.4. The summed E-state index contributed by atoms with van der Waals surface area (Å²) in [5, 5.41) is 4.20. The normalized spacial score (nSPS) is 11.6. The second kappa shape index (κ2) is 10.3. The fraction of sp³-hybridized carbons (Fsp3) is 0.0250. The van der Waals surface area contributed by atoms with Gasteiger partial charge in [0.05, 0.1) is 0 Å². The molecule has 0 spiro atoms. The minimum atomic E-state index is 0.493. The summed E-state index contributed by atoms with van der Waals surface area (Å²) in [5.41, 5.74) is 8.49. The van der Waals surface area contributed by atoms with E-state index in [-0.39, 0.29) is 0 Å². The van der Waals surface area contributed by atoms with Crippen LogP contribution in [-0.4, -0.2) is 15.0 Å². The predicted octanol–water partition coefficient (Wildman–Crippen LogP) is 10.3. The van der Waals surface area contributed by atoms with Crippen molar-refractivity contribution in [1.29, 1.82) is 0 Å². The molecule has 0 atom stereocenters. The molecular formula is C40H25N3O2. The number of para-hydroxylation sites is 2.